The summed E-state index contributed by atoms with van der Waals surface area (Å²) in [6.07, 6.45) is 0.554. The number of nitrogens with one attached hydrogen (secondary N) is 2. The first-order chi connectivity index (χ1) is 6.91. The summed E-state index contributed by atoms with van der Waals surface area (Å²) in [6, 6.07) is 0. The Kier molecular flexibility index (Phi) is 6.86. The predicted octanol–water partition coefficient (Wildman–Crippen LogP) is 0.740. The van der Waals surface area contributed by atoms with E-state index >= 15 is 0 Å². The molecule has 8 heteroatoms. The lowest BCUT2D eigenvalue weighted by Gasteiger charge is -2.09. The Morgan fingerprint density at radius 1 is 1.53 bits per heavy atom. The number of hydrogen-bond donors (Lipinski definition) is 2. The largest absolute Gasteiger partial charge is 0.452 e. The maximum atomic E-state index is 11.1. The van der Waals surface area contributed by atoms with Crippen molar-refractivity contribution in [2.75, 3.05) is 13.7 Å². The fourth-order valence-corrected chi connectivity index (χ4v) is 1.73. The molecule has 0 aliphatic rings. The molecular formula is C7H15BrN2O4S. The van der Waals surface area contributed by atoms with E-state index in [4.69, 9.17) is 0 Å². The number of carbonyl (C=O) groups is 1. The molecule has 0 aromatic heterocycles. The second-order valence-corrected chi connectivity index (χ2v) is 5.58. The van der Waals surface area contributed by atoms with Gasteiger partial charge in [-0.2, -0.15) is 13.1 Å². The lowest BCUT2D eigenvalue weighted by Crippen LogP contribution is -2.40. The first kappa shape index (κ1) is 14.7. The van der Waals surface area contributed by atoms with Gasteiger partial charge in [0.05, 0.1) is 7.11 Å². The molecule has 1 atom stereocenters. The molecule has 0 fully saturated rings. The minimum atomic E-state index is -3.79. The molecule has 1 unspecified atom stereocenters. The van der Waals surface area contributed by atoms with E-state index in [1.54, 1.807) is 4.72 Å². The molecule has 0 aromatic carbocycles. The van der Waals surface area contributed by atoms with E-state index < -0.39 is 16.3 Å². The van der Waals surface area contributed by atoms with Crippen molar-refractivity contribution in [1.29, 1.82) is 0 Å². The number of halogens is 1. The SMILES string of the molecule is CCC(Br)CCNS(=O)(=O)NC(=O)OC. The third kappa shape index (κ3) is 7.57. The monoisotopic (exact) mass is 302 g/mol. The normalized spacial score (nSPS) is 13.3. The maximum absolute atomic E-state index is 11.1. The highest BCUT2D eigenvalue weighted by atomic mass is 79.9. The molecule has 0 aliphatic heterocycles. The van der Waals surface area contributed by atoms with E-state index in [0.29, 0.717) is 6.42 Å². The molecule has 0 saturated carbocycles. The van der Waals surface area contributed by atoms with Crippen LogP contribution in [0.25, 0.3) is 0 Å². The van der Waals surface area contributed by atoms with Crippen molar-refractivity contribution in [3.63, 3.8) is 0 Å². The van der Waals surface area contributed by atoms with E-state index in [-0.39, 0.29) is 11.4 Å². The number of ether oxygens (including phenoxy) is 1. The smallest absolute Gasteiger partial charge is 0.421 e. The minimum Gasteiger partial charge on any atom is -0.452 e. The van der Waals surface area contributed by atoms with Gasteiger partial charge < -0.3 is 4.74 Å². The van der Waals surface area contributed by atoms with Gasteiger partial charge in [0.1, 0.15) is 0 Å². The summed E-state index contributed by atoms with van der Waals surface area (Å²) in [4.78, 5) is 10.9. The van der Waals surface area contributed by atoms with Crippen LogP contribution in [0.4, 0.5) is 4.79 Å². The molecule has 0 bridgehead atoms. The fraction of sp³-hybridized carbons (Fsp3) is 0.857. The molecule has 0 radical (unpaired) electrons. The van der Waals surface area contributed by atoms with Crippen LogP contribution in [-0.2, 0) is 14.9 Å². The predicted molar refractivity (Wildman–Crippen MR) is 60.1 cm³/mol. The lowest BCUT2D eigenvalue weighted by molar-refractivity contribution is 0.177. The zero-order valence-electron chi connectivity index (χ0n) is 8.62. The van der Waals surface area contributed by atoms with Gasteiger partial charge in [0.15, 0.2) is 0 Å². The van der Waals surface area contributed by atoms with Crippen LogP contribution in [0.1, 0.15) is 19.8 Å². The van der Waals surface area contributed by atoms with Crippen LogP contribution in [0.2, 0.25) is 0 Å². The number of rotatable bonds is 6. The zero-order valence-corrected chi connectivity index (χ0v) is 11.0. The van der Waals surface area contributed by atoms with Crippen LogP contribution < -0.4 is 9.44 Å². The minimum absolute atomic E-state index is 0.260. The van der Waals surface area contributed by atoms with Crippen molar-refractivity contribution in [3.05, 3.63) is 0 Å². The Labute approximate surface area is 98.1 Å². The van der Waals surface area contributed by atoms with Gasteiger partial charge in [0.2, 0.25) is 0 Å². The van der Waals surface area contributed by atoms with Crippen LogP contribution >= 0.6 is 15.9 Å². The van der Waals surface area contributed by atoms with Gasteiger partial charge in [0, 0.05) is 11.4 Å². The van der Waals surface area contributed by atoms with Gasteiger partial charge in [-0.1, -0.05) is 22.9 Å². The summed E-state index contributed by atoms with van der Waals surface area (Å²) >= 11 is 3.36. The average molecular weight is 303 g/mol. The number of hydrogen-bond acceptors (Lipinski definition) is 4. The quantitative estimate of drug-likeness (QED) is 0.709. The second kappa shape index (κ2) is 7.02. The van der Waals surface area contributed by atoms with Crippen molar-refractivity contribution in [1.82, 2.24) is 9.44 Å². The Morgan fingerprint density at radius 2 is 2.13 bits per heavy atom. The third-order valence-corrected chi connectivity index (χ3v) is 3.72. The van der Waals surface area contributed by atoms with Gasteiger partial charge in [-0.25, -0.2) is 9.52 Å². The summed E-state index contributed by atoms with van der Waals surface area (Å²) in [5.41, 5.74) is 0. The lowest BCUT2D eigenvalue weighted by atomic mass is 10.2. The standard InChI is InChI=1S/C7H15BrN2O4S/c1-3-6(8)4-5-9-15(12,13)10-7(11)14-2/h6,9H,3-5H2,1-2H3,(H,10,11). The van der Waals surface area contributed by atoms with Gasteiger partial charge in [0.25, 0.3) is 0 Å². The number of alkyl halides is 1. The highest BCUT2D eigenvalue weighted by molar-refractivity contribution is 9.09. The maximum Gasteiger partial charge on any atom is 0.421 e. The average Bonchev–Trinajstić information content (AvgIpc) is 2.16. The van der Waals surface area contributed by atoms with Crippen LogP contribution in [0, 0.1) is 0 Å². The van der Waals surface area contributed by atoms with Gasteiger partial charge in [-0.15, -0.1) is 0 Å². The van der Waals surface area contributed by atoms with E-state index in [2.05, 4.69) is 25.4 Å². The second-order valence-electron chi connectivity index (χ2n) is 2.79. The van der Waals surface area contributed by atoms with Gasteiger partial charge in [-0.05, 0) is 12.8 Å². The van der Waals surface area contributed by atoms with Gasteiger partial charge in [-0.3, -0.25) is 0 Å². The van der Waals surface area contributed by atoms with Crippen LogP contribution in [0.3, 0.4) is 0 Å². The van der Waals surface area contributed by atoms with Crippen LogP contribution in [-0.4, -0.2) is 33.0 Å². The molecule has 2 N–H and O–H groups in total. The summed E-state index contributed by atoms with van der Waals surface area (Å²) in [6.45, 7) is 2.25. The Balaban J connectivity index is 3.90. The summed E-state index contributed by atoms with van der Waals surface area (Å²) in [5.74, 6) is 0. The first-order valence-electron chi connectivity index (χ1n) is 4.40. The molecule has 0 heterocycles. The highest BCUT2D eigenvalue weighted by Crippen LogP contribution is 2.07. The topological polar surface area (TPSA) is 84.5 Å². The third-order valence-electron chi connectivity index (χ3n) is 1.60. The van der Waals surface area contributed by atoms with Crippen molar-refractivity contribution in [2.45, 2.75) is 24.6 Å². The number of amides is 1. The Hall–Kier alpha value is -0.340. The molecule has 90 valence electrons. The first-order valence-corrected chi connectivity index (χ1v) is 6.80. The number of methoxy groups -OCH3 is 1. The highest BCUT2D eigenvalue weighted by Gasteiger charge is 2.13. The summed E-state index contributed by atoms with van der Waals surface area (Å²) < 4.78 is 30.3. The molecule has 0 rings (SSSR count). The number of carbonyl (C=O) groups excluding carboxylic acids is 1. The molecule has 6 nitrogen and oxygen atoms in total. The fourth-order valence-electron chi connectivity index (χ4n) is 0.741. The molecule has 0 saturated heterocycles. The molecule has 0 spiro atoms. The Bertz CT molecular complexity index is 293. The molecule has 0 aliphatic carbocycles. The summed E-state index contributed by atoms with van der Waals surface area (Å²) in [5, 5.41) is 0. The Morgan fingerprint density at radius 3 is 2.60 bits per heavy atom. The zero-order chi connectivity index (χ0) is 11.9. The molecular weight excluding hydrogens is 288 g/mol. The van der Waals surface area contributed by atoms with Crippen LogP contribution in [0.5, 0.6) is 0 Å². The molecule has 0 aromatic rings. The van der Waals surface area contributed by atoms with Crippen molar-refractivity contribution >= 4 is 32.2 Å². The molecule has 15 heavy (non-hydrogen) atoms. The van der Waals surface area contributed by atoms with E-state index in [1.165, 1.54) is 0 Å². The summed E-state index contributed by atoms with van der Waals surface area (Å²) in [7, 11) is -2.70. The van der Waals surface area contributed by atoms with E-state index in [9.17, 15) is 13.2 Å². The molecule has 1 amide bonds. The van der Waals surface area contributed by atoms with Crippen molar-refractivity contribution in [3.8, 4) is 0 Å². The van der Waals surface area contributed by atoms with Gasteiger partial charge >= 0.3 is 16.3 Å². The van der Waals surface area contributed by atoms with E-state index in [1.807, 2.05) is 6.92 Å². The van der Waals surface area contributed by atoms with Crippen molar-refractivity contribution < 1.29 is 17.9 Å². The van der Waals surface area contributed by atoms with Crippen molar-refractivity contribution in [2.24, 2.45) is 0 Å². The van der Waals surface area contributed by atoms with Crippen LogP contribution in [0.15, 0.2) is 0 Å². The van der Waals surface area contributed by atoms with E-state index in [0.717, 1.165) is 13.5 Å².